The van der Waals surface area contributed by atoms with Crippen molar-refractivity contribution in [3.63, 3.8) is 0 Å². The number of hydrogen-bond donors (Lipinski definition) is 1. The second-order valence-electron chi connectivity index (χ2n) is 8.15. The summed E-state index contributed by atoms with van der Waals surface area (Å²) in [5, 5.41) is 0.810. The lowest BCUT2D eigenvalue weighted by Gasteiger charge is -2.35. The van der Waals surface area contributed by atoms with Crippen molar-refractivity contribution < 1.29 is 8.42 Å². The average Bonchev–Trinajstić information content (AvgIpc) is 2.75. The van der Waals surface area contributed by atoms with Gasteiger partial charge in [-0.1, -0.05) is 0 Å². The van der Waals surface area contributed by atoms with Gasteiger partial charge in [0, 0.05) is 26.2 Å². The predicted molar refractivity (Wildman–Crippen MR) is 123 cm³/mol. The number of aromatic nitrogens is 3. The lowest BCUT2D eigenvalue weighted by molar-refractivity contribution is 0.383. The molecule has 0 amide bonds. The summed E-state index contributed by atoms with van der Waals surface area (Å²) in [7, 11) is -3.59. The second-order valence-corrected chi connectivity index (χ2v) is 10.0. The molecule has 0 spiro atoms. The standard InChI is InChI=1S/C22H28N6O2S/c1-13-14(2)16(4)20(17(5)15(13)3)31(29,30)28-10-8-27(9-11-28)22-18-6-7-19(23)26-21(18)24-12-25-22/h6-7,12H,8-11H2,1-5H3,(H2,23,24,25,26). The molecule has 1 aliphatic rings. The van der Waals surface area contributed by atoms with Crippen LogP contribution in [-0.2, 0) is 10.0 Å². The van der Waals surface area contributed by atoms with Crippen LogP contribution in [0.15, 0.2) is 23.4 Å². The van der Waals surface area contributed by atoms with Gasteiger partial charge < -0.3 is 10.6 Å². The summed E-state index contributed by atoms with van der Waals surface area (Å²) in [5.74, 6) is 1.16. The highest BCUT2D eigenvalue weighted by atomic mass is 32.2. The number of anilines is 2. The number of pyridine rings is 1. The van der Waals surface area contributed by atoms with Crippen LogP contribution in [-0.4, -0.2) is 53.9 Å². The second kappa shape index (κ2) is 7.72. The summed E-state index contributed by atoms with van der Waals surface area (Å²) in [6.07, 6.45) is 1.47. The van der Waals surface area contributed by atoms with E-state index in [4.69, 9.17) is 5.73 Å². The lowest BCUT2D eigenvalue weighted by Crippen LogP contribution is -2.49. The Morgan fingerprint density at radius 3 is 2.03 bits per heavy atom. The largest absolute Gasteiger partial charge is 0.384 e. The number of piperazine rings is 1. The van der Waals surface area contributed by atoms with Crippen molar-refractivity contribution in [1.29, 1.82) is 0 Å². The highest BCUT2D eigenvalue weighted by Gasteiger charge is 2.33. The van der Waals surface area contributed by atoms with Crippen LogP contribution in [0, 0.1) is 34.6 Å². The normalized spacial score (nSPS) is 15.6. The summed E-state index contributed by atoms with van der Waals surface area (Å²) in [6.45, 7) is 11.7. The van der Waals surface area contributed by atoms with E-state index in [0.29, 0.717) is 42.5 Å². The molecule has 0 aliphatic carbocycles. The van der Waals surface area contributed by atoms with Crippen LogP contribution < -0.4 is 10.6 Å². The zero-order chi connectivity index (χ0) is 22.5. The van der Waals surface area contributed by atoms with E-state index >= 15 is 0 Å². The maximum absolute atomic E-state index is 13.6. The molecule has 1 saturated heterocycles. The van der Waals surface area contributed by atoms with E-state index in [2.05, 4.69) is 19.9 Å². The number of sulfonamides is 1. The van der Waals surface area contributed by atoms with Crippen molar-refractivity contribution in [3.05, 3.63) is 46.3 Å². The summed E-state index contributed by atoms with van der Waals surface area (Å²) >= 11 is 0. The molecule has 9 heteroatoms. The fourth-order valence-electron chi connectivity index (χ4n) is 4.32. The van der Waals surface area contributed by atoms with Crippen molar-refractivity contribution in [1.82, 2.24) is 19.3 Å². The van der Waals surface area contributed by atoms with Gasteiger partial charge >= 0.3 is 0 Å². The van der Waals surface area contributed by atoms with Crippen LogP contribution in [0.5, 0.6) is 0 Å². The first-order valence-corrected chi connectivity index (χ1v) is 11.8. The number of fused-ring (bicyclic) bond motifs is 1. The van der Waals surface area contributed by atoms with Crippen molar-refractivity contribution >= 4 is 32.7 Å². The zero-order valence-corrected chi connectivity index (χ0v) is 19.4. The van der Waals surface area contributed by atoms with E-state index in [1.54, 1.807) is 10.4 Å². The minimum atomic E-state index is -3.59. The van der Waals surface area contributed by atoms with Gasteiger partial charge in [0.15, 0.2) is 5.65 Å². The molecule has 1 aliphatic heterocycles. The van der Waals surface area contributed by atoms with E-state index < -0.39 is 10.0 Å². The number of nitrogen functional groups attached to an aromatic ring is 1. The molecule has 3 aromatic rings. The van der Waals surface area contributed by atoms with Crippen molar-refractivity contribution in [2.75, 3.05) is 36.8 Å². The Morgan fingerprint density at radius 1 is 0.839 bits per heavy atom. The quantitative estimate of drug-likeness (QED) is 0.667. The SMILES string of the molecule is Cc1c(C)c(C)c(S(=O)(=O)N2CCN(c3ncnc4nc(N)ccc34)CC2)c(C)c1C. The van der Waals surface area contributed by atoms with Crippen LogP contribution >= 0.6 is 0 Å². The third-order valence-electron chi connectivity index (χ3n) is 6.56. The zero-order valence-electron chi connectivity index (χ0n) is 18.6. The molecule has 31 heavy (non-hydrogen) atoms. The number of rotatable bonds is 3. The molecule has 1 aromatic carbocycles. The van der Waals surface area contributed by atoms with Crippen LogP contribution in [0.1, 0.15) is 27.8 Å². The highest BCUT2D eigenvalue weighted by Crippen LogP contribution is 2.32. The fourth-order valence-corrected chi connectivity index (χ4v) is 6.30. The number of nitrogens with zero attached hydrogens (tertiary/aromatic N) is 5. The lowest BCUT2D eigenvalue weighted by atomic mass is 9.95. The number of hydrogen-bond acceptors (Lipinski definition) is 7. The van der Waals surface area contributed by atoms with E-state index in [0.717, 1.165) is 39.0 Å². The summed E-state index contributed by atoms with van der Waals surface area (Å²) < 4.78 is 28.8. The molecule has 4 rings (SSSR count). The topological polar surface area (TPSA) is 105 Å². The van der Waals surface area contributed by atoms with Gasteiger partial charge in [0.2, 0.25) is 10.0 Å². The summed E-state index contributed by atoms with van der Waals surface area (Å²) in [4.78, 5) is 15.4. The molecule has 3 heterocycles. The first-order chi connectivity index (χ1) is 14.6. The smallest absolute Gasteiger partial charge is 0.243 e. The van der Waals surface area contributed by atoms with Gasteiger partial charge in [-0.25, -0.2) is 23.4 Å². The molecule has 0 radical (unpaired) electrons. The van der Waals surface area contributed by atoms with Crippen molar-refractivity contribution in [2.45, 2.75) is 39.5 Å². The van der Waals surface area contributed by atoms with Crippen molar-refractivity contribution in [3.8, 4) is 0 Å². The third kappa shape index (κ3) is 3.51. The van der Waals surface area contributed by atoms with E-state index in [1.165, 1.54) is 6.33 Å². The number of benzene rings is 1. The Bertz CT molecular complexity index is 1250. The average molecular weight is 441 g/mol. The molecular weight excluding hydrogens is 412 g/mol. The van der Waals surface area contributed by atoms with Gasteiger partial charge in [-0.15, -0.1) is 0 Å². The van der Waals surface area contributed by atoms with E-state index in [1.807, 2.05) is 40.7 Å². The summed E-state index contributed by atoms with van der Waals surface area (Å²) in [5.41, 5.74) is 11.2. The Hall–Kier alpha value is -2.78. The minimum Gasteiger partial charge on any atom is -0.384 e. The molecule has 164 valence electrons. The molecule has 0 saturated carbocycles. The van der Waals surface area contributed by atoms with Crippen LogP contribution in [0.25, 0.3) is 11.0 Å². The maximum atomic E-state index is 13.6. The Labute approximate surface area is 183 Å². The predicted octanol–water partition coefficient (Wildman–Crippen LogP) is 2.66. The molecule has 2 aromatic heterocycles. The van der Waals surface area contributed by atoms with E-state index in [9.17, 15) is 8.42 Å². The van der Waals surface area contributed by atoms with Gasteiger partial charge in [0.1, 0.15) is 18.0 Å². The van der Waals surface area contributed by atoms with Gasteiger partial charge in [0.25, 0.3) is 0 Å². The third-order valence-corrected chi connectivity index (χ3v) is 8.74. The van der Waals surface area contributed by atoms with Crippen LogP contribution in [0.3, 0.4) is 0 Å². The minimum absolute atomic E-state index is 0.390. The maximum Gasteiger partial charge on any atom is 0.243 e. The van der Waals surface area contributed by atoms with E-state index in [-0.39, 0.29) is 0 Å². The van der Waals surface area contributed by atoms with Gasteiger partial charge in [-0.2, -0.15) is 4.31 Å². The molecule has 2 N–H and O–H groups in total. The molecule has 8 nitrogen and oxygen atoms in total. The van der Waals surface area contributed by atoms with Crippen molar-refractivity contribution in [2.24, 2.45) is 0 Å². The van der Waals surface area contributed by atoms with Gasteiger partial charge in [0.05, 0.1) is 10.3 Å². The molecule has 0 unspecified atom stereocenters. The summed E-state index contributed by atoms with van der Waals surface area (Å²) in [6, 6.07) is 3.59. The Balaban J connectivity index is 1.63. The monoisotopic (exact) mass is 440 g/mol. The Morgan fingerprint density at radius 2 is 1.42 bits per heavy atom. The van der Waals surface area contributed by atoms with Crippen LogP contribution in [0.2, 0.25) is 0 Å². The molecule has 0 bridgehead atoms. The van der Waals surface area contributed by atoms with Gasteiger partial charge in [-0.05, 0) is 74.6 Å². The highest BCUT2D eigenvalue weighted by molar-refractivity contribution is 7.89. The van der Waals surface area contributed by atoms with Gasteiger partial charge in [-0.3, -0.25) is 0 Å². The Kier molecular flexibility index (Phi) is 5.35. The fraction of sp³-hybridized carbons (Fsp3) is 0.409. The molecular formula is C22H28N6O2S. The molecule has 1 fully saturated rings. The molecule has 0 atom stereocenters. The first kappa shape index (κ1) is 21.5. The number of nitrogens with two attached hydrogens (primary N) is 1. The first-order valence-electron chi connectivity index (χ1n) is 10.3. The van der Waals surface area contributed by atoms with Crippen LogP contribution in [0.4, 0.5) is 11.6 Å².